The molecule has 20 heavy (non-hydrogen) atoms. The minimum Gasteiger partial charge on any atom is -0.310 e. The van der Waals surface area contributed by atoms with Gasteiger partial charge >= 0.3 is 0 Å². The number of nitrogens with one attached hydrogen (secondary N) is 1. The Morgan fingerprint density at radius 2 is 1.80 bits per heavy atom. The minimum atomic E-state index is 0.467. The molecule has 3 fully saturated rings. The van der Waals surface area contributed by atoms with Gasteiger partial charge in [-0.2, -0.15) is 11.8 Å². The standard InChI is InChI=1S/C17H32N2S/c1-20-16-9-4-3-8-15(16)19-13-7-12-18-17(14-19)10-5-2-6-11-17/h15-16,18H,2-14H2,1H3. The van der Waals surface area contributed by atoms with Crippen molar-refractivity contribution in [2.24, 2.45) is 0 Å². The van der Waals surface area contributed by atoms with Crippen LogP contribution in [0.25, 0.3) is 0 Å². The summed E-state index contributed by atoms with van der Waals surface area (Å²) in [5, 5.41) is 4.84. The van der Waals surface area contributed by atoms with Crippen molar-refractivity contribution in [1.29, 1.82) is 0 Å². The van der Waals surface area contributed by atoms with E-state index in [-0.39, 0.29) is 0 Å². The summed E-state index contributed by atoms with van der Waals surface area (Å²) in [7, 11) is 0. The van der Waals surface area contributed by atoms with Crippen LogP contribution in [0.2, 0.25) is 0 Å². The Kier molecular flexibility index (Phi) is 5.33. The third kappa shape index (κ3) is 3.36. The number of hydrogen-bond acceptors (Lipinski definition) is 3. The summed E-state index contributed by atoms with van der Waals surface area (Å²) in [5.74, 6) is 0. The van der Waals surface area contributed by atoms with E-state index in [4.69, 9.17) is 0 Å². The van der Waals surface area contributed by atoms with Crippen LogP contribution in [-0.4, -0.2) is 47.6 Å². The zero-order valence-electron chi connectivity index (χ0n) is 13.2. The molecule has 1 spiro atoms. The zero-order chi connectivity index (χ0) is 13.8. The fourth-order valence-corrected chi connectivity index (χ4v) is 5.80. The van der Waals surface area contributed by atoms with E-state index >= 15 is 0 Å². The Balaban J connectivity index is 1.70. The summed E-state index contributed by atoms with van der Waals surface area (Å²) in [6.07, 6.45) is 16.7. The normalized spacial score (nSPS) is 35.9. The molecule has 0 amide bonds. The van der Waals surface area contributed by atoms with Gasteiger partial charge in [0.2, 0.25) is 0 Å². The van der Waals surface area contributed by atoms with Crippen LogP contribution in [0.1, 0.15) is 64.2 Å². The SMILES string of the molecule is CSC1CCCCC1N1CCCNC2(CCCCC2)C1. The fraction of sp³-hybridized carbons (Fsp3) is 1.00. The van der Waals surface area contributed by atoms with Crippen molar-refractivity contribution < 1.29 is 0 Å². The second kappa shape index (κ2) is 7.02. The molecular formula is C17H32N2S. The van der Waals surface area contributed by atoms with Gasteiger partial charge in [0.1, 0.15) is 0 Å². The smallest absolute Gasteiger partial charge is 0.0308 e. The lowest BCUT2D eigenvalue weighted by Crippen LogP contribution is -2.56. The molecule has 1 saturated heterocycles. The van der Waals surface area contributed by atoms with Gasteiger partial charge in [0, 0.05) is 23.4 Å². The van der Waals surface area contributed by atoms with Crippen LogP contribution in [0, 0.1) is 0 Å². The average molecular weight is 297 g/mol. The molecule has 1 heterocycles. The highest BCUT2D eigenvalue weighted by Gasteiger charge is 2.39. The maximum atomic E-state index is 3.95. The molecule has 0 aromatic rings. The summed E-state index contributed by atoms with van der Waals surface area (Å²) < 4.78 is 0. The molecule has 3 rings (SSSR count). The second-order valence-electron chi connectivity index (χ2n) is 7.22. The van der Waals surface area contributed by atoms with E-state index < -0.39 is 0 Å². The van der Waals surface area contributed by atoms with Gasteiger partial charge in [0.15, 0.2) is 0 Å². The van der Waals surface area contributed by atoms with Crippen LogP contribution in [0.15, 0.2) is 0 Å². The maximum absolute atomic E-state index is 3.95. The molecule has 0 radical (unpaired) electrons. The van der Waals surface area contributed by atoms with Crippen molar-refractivity contribution in [3.8, 4) is 0 Å². The van der Waals surface area contributed by atoms with Crippen LogP contribution in [0.3, 0.4) is 0 Å². The quantitative estimate of drug-likeness (QED) is 0.837. The molecule has 3 heteroatoms. The zero-order valence-corrected chi connectivity index (χ0v) is 14.0. The Bertz CT molecular complexity index is 301. The maximum Gasteiger partial charge on any atom is 0.0308 e. The number of hydrogen-bond donors (Lipinski definition) is 1. The van der Waals surface area contributed by atoms with Gasteiger partial charge in [-0.1, -0.05) is 32.1 Å². The predicted octanol–water partition coefficient (Wildman–Crippen LogP) is 3.66. The lowest BCUT2D eigenvalue weighted by atomic mass is 9.80. The topological polar surface area (TPSA) is 15.3 Å². The fourth-order valence-electron chi connectivity index (χ4n) is 4.78. The van der Waals surface area contributed by atoms with E-state index in [0.717, 1.165) is 11.3 Å². The minimum absolute atomic E-state index is 0.467. The van der Waals surface area contributed by atoms with E-state index in [9.17, 15) is 0 Å². The number of thioether (sulfide) groups is 1. The Morgan fingerprint density at radius 1 is 1.00 bits per heavy atom. The molecule has 2 saturated carbocycles. The van der Waals surface area contributed by atoms with Gasteiger partial charge < -0.3 is 5.32 Å². The van der Waals surface area contributed by atoms with E-state index in [1.165, 1.54) is 83.8 Å². The molecular weight excluding hydrogens is 264 g/mol. The summed E-state index contributed by atoms with van der Waals surface area (Å²) >= 11 is 2.13. The highest BCUT2D eigenvalue weighted by atomic mass is 32.2. The van der Waals surface area contributed by atoms with Crippen molar-refractivity contribution in [2.75, 3.05) is 25.9 Å². The first-order valence-electron chi connectivity index (χ1n) is 8.85. The third-order valence-electron chi connectivity index (χ3n) is 5.88. The van der Waals surface area contributed by atoms with Gasteiger partial charge in [0.25, 0.3) is 0 Å². The monoisotopic (exact) mass is 296 g/mol. The third-order valence-corrected chi connectivity index (χ3v) is 7.03. The van der Waals surface area contributed by atoms with Crippen LogP contribution in [0.5, 0.6) is 0 Å². The molecule has 116 valence electrons. The van der Waals surface area contributed by atoms with E-state index in [1.807, 2.05) is 0 Å². The van der Waals surface area contributed by atoms with Crippen molar-refractivity contribution in [3.05, 3.63) is 0 Å². The average Bonchev–Trinajstić information content (AvgIpc) is 2.71. The van der Waals surface area contributed by atoms with Gasteiger partial charge in [0.05, 0.1) is 0 Å². The van der Waals surface area contributed by atoms with Crippen molar-refractivity contribution in [1.82, 2.24) is 10.2 Å². The predicted molar refractivity (Wildman–Crippen MR) is 89.6 cm³/mol. The van der Waals surface area contributed by atoms with Crippen molar-refractivity contribution in [3.63, 3.8) is 0 Å². The number of nitrogens with zero attached hydrogens (tertiary/aromatic N) is 1. The van der Waals surface area contributed by atoms with Gasteiger partial charge in [-0.15, -0.1) is 0 Å². The summed E-state index contributed by atoms with van der Waals surface area (Å²) in [5.41, 5.74) is 0.467. The van der Waals surface area contributed by atoms with Crippen LogP contribution in [0.4, 0.5) is 0 Å². The van der Waals surface area contributed by atoms with E-state index in [2.05, 4.69) is 28.2 Å². The van der Waals surface area contributed by atoms with Crippen LogP contribution in [-0.2, 0) is 0 Å². The molecule has 2 aliphatic carbocycles. The Hall–Kier alpha value is 0.270. The number of rotatable bonds is 2. The summed E-state index contributed by atoms with van der Waals surface area (Å²) in [6, 6.07) is 0.859. The highest BCUT2D eigenvalue weighted by molar-refractivity contribution is 7.99. The first-order chi connectivity index (χ1) is 9.83. The molecule has 1 N–H and O–H groups in total. The van der Waals surface area contributed by atoms with E-state index in [0.29, 0.717) is 5.54 Å². The summed E-state index contributed by atoms with van der Waals surface area (Å²) in [6.45, 7) is 3.90. The largest absolute Gasteiger partial charge is 0.310 e. The molecule has 0 aromatic carbocycles. The Morgan fingerprint density at radius 3 is 2.60 bits per heavy atom. The summed E-state index contributed by atoms with van der Waals surface area (Å²) in [4.78, 5) is 2.89. The van der Waals surface area contributed by atoms with Crippen LogP contribution >= 0.6 is 11.8 Å². The highest BCUT2D eigenvalue weighted by Crippen LogP contribution is 2.35. The van der Waals surface area contributed by atoms with Gasteiger partial charge in [-0.05, 0) is 51.4 Å². The van der Waals surface area contributed by atoms with Gasteiger partial charge in [-0.3, -0.25) is 4.90 Å². The van der Waals surface area contributed by atoms with Crippen molar-refractivity contribution >= 4 is 11.8 Å². The molecule has 1 aliphatic heterocycles. The lowest BCUT2D eigenvalue weighted by molar-refractivity contribution is 0.110. The molecule has 2 atom stereocenters. The molecule has 0 aromatic heterocycles. The lowest BCUT2D eigenvalue weighted by Gasteiger charge is -2.45. The molecule has 3 aliphatic rings. The first kappa shape index (κ1) is 15.2. The first-order valence-corrected chi connectivity index (χ1v) is 10.1. The Labute approximate surface area is 129 Å². The molecule has 0 bridgehead atoms. The van der Waals surface area contributed by atoms with Crippen molar-refractivity contribution in [2.45, 2.75) is 81.0 Å². The molecule has 2 unspecified atom stereocenters. The van der Waals surface area contributed by atoms with E-state index in [1.54, 1.807) is 0 Å². The molecule has 2 nitrogen and oxygen atoms in total. The van der Waals surface area contributed by atoms with Crippen LogP contribution < -0.4 is 5.32 Å². The van der Waals surface area contributed by atoms with Gasteiger partial charge in [-0.25, -0.2) is 0 Å². The second-order valence-corrected chi connectivity index (χ2v) is 8.29.